The van der Waals surface area contributed by atoms with Crippen LogP contribution in [0.5, 0.6) is 5.88 Å². The molecular formula is C13H10F4N2O2. The van der Waals surface area contributed by atoms with Gasteiger partial charge in [0.15, 0.2) is 0 Å². The molecule has 4 nitrogen and oxygen atoms in total. The molecule has 8 heteroatoms. The summed E-state index contributed by atoms with van der Waals surface area (Å²) in [6.45, 7) is 0. The Morgan fingerprint density at radius 3 is 2.48 bits per heavy atom. The van der Waals surface area contributed by atoms with Crippen molar-refractivity contribution in [3.63, 3.8) is 0 Å². The highest BCUT2D eigenvalue weighted by Crippen LogP contribution is 2.37. The molecule has 1 aromatic heterocycles. The van der Waals surface area contributed by atoms with Gasteiger partial charge in [-0.2, -0.15) is 13.2 Å². The first-order valence-electron chi connectivity index (χ1n) is 5.74. The first kappa shape index (κ1) is 15.2. The third-order valence-corrected chi connectivity index (χ3v) is 2.76. The summed E-state index contributed by atoms with van der Waals surface area (Å²) in [7, 11) is 1.25. The Morgan fingerprint density at radius 2 is 1.86 bits per heavy atom. The Hall–Kier alpha value is -2.22. The molecule has 1 N–H and O–H groups in total. The van der Waals surface area contributed by atoms with Gasteiger partial charge in [-0.3, -0.25) is 4.98 Å². The quantitative estimate of drug-likeness (QED) is 0.886. The van der Waals surface area contributed by atoms with Gasteiger partial charge in [0.2, 0.25) is 5.88 Å². The van der Waals surface area contributed by atoms with Gasteiger partial charge in [-0.25, -0.2) is 9.37 Å². The molecule has 0 radical (unpaired) electrons. The molecule has 0 saturated carbocycles. The summed E-state index contributed by atoms with van der Waals surface area (Å²) < 4.78 is 56.7. The highest BCUT2D eigenvalue weighted by molar-refractivity contribution is 5.38. The molecule has 0 saturated heterocycles. The number of alkyl halides is 3. The van der Waals surface area contributed by atoms with E-state index in [0.717, 1.165) is 12.1 Å². The minimum atomic E-state index is -4.81. The Kier molecular flexibility index (Phi) is 4.08. The highest BCUT2D eigenvalue weighted by atomic mass is 19.4. The molecule has 0 aliphatic carbocycles. The number of hydrogen-bond donors (Lipinski definition) is 1. The summed E-state index contributed by atoms with van der Waals surface area (Å²) in [4.78, 5) is 7.53. The molecule has 21 heavy (non-hydrogen) atoms. The van der Waals surface area contributed by atoms with Crippen molar-refractivity contribution in [2.45, 2.75) is 12.3 Å². The number of ether oxygens (including phenoxy) is 1. The van der Waals surface area contributed by atoms with Crippen molar-refractivity contribution < 1.29 is 27.4 Å². The Bertz CT molecular complexity index is 646. The normalized spacial score (nSPS) is 13.0. The van der Waals surface area contributed by atoms with Crippen molar-refractivity contribution in [1.82, 2.24) is 9.97 Å². The molecule has 0 amide bonds. The molecule has 1 unspecified atom stereocenters. The van der Waals surface area contributed by atoms with E-state index in [0.29, 0.717) is 6.07 Å². The van der Waals surface area contributed by atoms with Crippen molar-refractivity contribution in [2.24, 2.45) is 0 Å². The van der Waals surface area contributed by atoms with Crippen LogP contribution in [0, 0.1) is 5.82 Å². The predicted octanol–water partition coefficient (Wildman–Crippen LogP) is 2.72. The van der Waals surface area contributed by atoms with Gasteiger partial charge in [-0.05, 0) is 17.7 Å². The molecule has 112 valence electrons. The van der Waals surface area contributed by atoms with E-state index in [4.69, 9.17) is 4.74 Å². The monoisotopic (exact) mass is 302 g/mol. The fraction of sp³-hybridized carbons (Fsp3) is 0.231. The molecule has 2 rings (SSSR count). The van der Waals surface area contributed by atoms with E-state index in [2.05, 4.69) is 9.97 Å². The van der Waals surface area contributed by atoms with Crippen LogP contribution in [0.2, 0.25) is 0 Å². The largest absolute Gasteiger partial charge is 0.480 e. The van der Waals surface area contributed by atoms with Gasteiger partial charge >= 0.3 is 6.18 Å². The van der Waals surface area contributed by atoms with Crippen LogP contribution in [-0.4, -0.2) is 22.2 Å². The van der Waals surface area contributed by atoms with Crippen LogP contribution in [0.3, 0.4) is 0 Å². The Balaban J connectivity index is 2.56. The van der Waals surface area contributed by atoms with Crippen LogP contribution in [0.4, 0.5) is 17.6 Å². The zero-order valence-electron chi connectivity index (χ0n) is 10.7. The van der Waals surface area contributed by atoms with Gasteiger partial charge in [-0.15, -0.1) is 0 Å². The summed E-state index contributed by atoms with van der Waals surface area (Å²) in [6.07, 6.45) is -4.08. The standard InChI is InChI=1S/C13H10F4N2O2/c1-21-12-10(18-4-5-19-12)11(20)8-3-2-7(14)6-9(8)13(15,16)17/h2-6,11,20H,1H3. The van der Waals surface area contributed by atoms with Crippen LogP contribution in [0.1, 0.15) is 22.9 Å². The first-order valence-corrected chi connectivity index (χ1v) is 5.74. The maximum Gasteiger partial charge on any atom is 0.416 e. The summed E-state index contributed by atoms with van der Waals surface area (Å²) in [5.41, 5.74) is -1.98. The predicted molar refractivity (Wildman–Crippen MR) is 64.0 cm³/mol. The van der Waals surface area contributed by atoms with E-state index in [-0.39, 0.29) is 11.6 Å². The Labute approximate surface area is 117 Å². The lowest BCUT2D eigenvalue weighted by Gasteiger charge is -2.18. The minimum Gasteiger partial charge on any atom is -0.480 e. The number of benzene rings is 1. The van der Waals surface area contributed by atoms with E-state index in [1.165, 1.54) is 19.5 Å². The lowest BCUT2D eigenvalue weighted by Crippen LogP contribution is -2.15. The second-order valence-corrected chi connectivity index (χ2v) is 4.08. The van der Waals surface area contributed by atoms with Crippen LogP contribution >= 0.6 is 0 Å². The third-order valence-electron chi connectivity index (χ3n) is 2.76. The Morgan fingerprint density at radius 1 is 1.19 bits per heavy atom. The van der Waals surface area contributed by atoms with E-state index in [1.54, 1.807) is 0 Å². The van der Waals surface area contributed by atoms with Gasteiger partial charge in [0.05, 0.1) is 12.7 Å². The van der Waals surface area contributed by atoms with Gasteiger partial charge in [0.25, 0.3) is 0 Å². The molecule has 1 heterocycles. The maximum atomic E-state index is 13.1. The highest BCUT2D eigenvalue weighted by Gasteiger charge is 2.36. The molecular weight excluding hydrogens is 292 g/mol. The SMILES string of the molecule is COc1nccnc1C(O)c1ccc(F)cc1C(F)(F)F. The fourth-order valence-electron chi connectivity index (χ4n) is 1.84. The second-order valence-electron chi connectivity index (χ2n) is 4.08. The van der Waals surface area contributed by atoms with Gasteiger partial charge < -0.3 is 9.84 Å². The van der Waals surface area contributed by atoms with Gasteiger partial charge in [0.1, 0.15) is 17.6 Å². The van der Waals surface area contributed by atoms with Gasteiger partial charge in [-0.1, -0.05) is 6.07 Å². The second kappa shape index (κ2) is 5.65. The van der Waals surface area contributed by atoms with E-state index in [1.807, 2.05) is 0 Å². The minimum absolute atomic E-state index is 0.109. The van der Waals surface area contributed by atoms with Crippen LogP contribution in [-0.2, 0) is 6.18 Å². The average Bonchev–Trinajstić information content (AvgIpc) is 2.45. The van der Waals surface area contributed by atoms with E-state index < -0.39 is 29.2 Å². The van der Waals surface area contributed by atoms with Crippen LogP contribution in [0.25, 0.3) is 0 Å². The van der Waals surface area contributed by atoms with Crippen molar-refractivity contribution in [3.8, 4) is 5.88 Å². The van der Waals surface area contributed by atoms with Crippen molar-refractivity contribution in [3.05, 3.63) is 53.2 Å². The van der Waals surface area contributed by atoms with Crippen molar-refractivity contribution in [1.29, 1.82) is 0 Å². The van der Waals surface area contributed by atoms with Crippen molar-refractivity contribution >= 4 is 0 Å². The summed E-state index contributed by atoms with van der Waals surface area (Å²) in [5, 5.41) is 10.1. The van der Waals surface area contributed by atoms with Crippen molar-refractivity contribution in [2.75, 3.05) is 7.11 Å². The molecule has 0 spiro atoms. The number of hydrogen-bond acceptors (Lipinski definition) is 4. The maximum absolute atomic E-state index is 13.1. The first-order chi connectivity index (χ1) is 9.84. The number of nitrogens with zero attached hydrogens (tertiary/aromatic N) is 2. The molecule has 0 aliphatic rings. The van der Waals surface area contributed by atoms with E-state index in [9.17, 15) is 22.7 Å². The third kappa shape index (κ3) is 3.10. The molecule has 1 aromatic carbocycles. The van der Waals surface area contributed by atoms with Crippen LogP contribution < -0.4 is 4.74 Å². The number of rotatable bonds is 3. The number of aliphatic hydroxyl groups excluding tert-OH is 1. The van der Waals surface area contributed by atoms with Crippen LogP contribution in [0.15, 0.2) is 30.6 Å². The number of methoxy groups -OCH3 is 1. The zero-order chi connectivity index (χ0) is 15.6. The number of halogens is 4. The summed E-state index contributed by atoms with van der Waals surface area (Å²) >= 11 is 0. The summed E-state index contributed by atoms with van der Waals surface area (Å²) in [6, 6.07) is 2.01. The fourth-order valence-corrected chi connectivity index (χ4v) is 1.84. The molecule has 2 aromatic rings. The number of aliphatic hydroxyl groups is 1. The lowest BCUT2D eigenvalue weighted by atomic mass is 9.99. The zero-order valence-corrected chi connectivity index (χ0v) is 10.7. The average molecular weight is 302 g/mol. The molecule has 0 aliphatic heterocycles. The topological polar surface area (TPSA) is 55.2 Å². The van der Waals surface area contributed by atoms with E-state index >= 15 is 0 Å². The smallest absolute Gasteiger partial charge is 0.416 e. The van der Waals surface area contributed by atoms with Gasteiger partial charge in [0, 0.05) is 12.4 Å². The number of aromatic nitrogens is 2. The molecule has 0 bridgehead atoms. The molecule has 0 fully saturated rings. The lowest BCUT2D eigenvalue weighted by molar-refractivity contribution is -0.139. The summed E-state index contributed by atoms with van der Waals surface area (Å²) in [5.74, 6) is -1.16. The molecule has 1 atom stereocenters.